The van der Waals surface area contributed by atoms with Crippen LogP contribution in [0.2, 0.25) is 10.0 Å². The third kappa shape index (κ3) is 5.77. The predicted molar refractivity (Wildman–Crippen MR) is 139 cm³/mol. The molecule has 2 amide bonds. The quantitative estimate of drug-likeness (QED) is 0.194. The average molecular weight is 560 g/mol. The van der Waals surface area contributed by atoms with E-state index in [1.807, 2.05) is 0 Å². The molecule has 3 N–H and O–H groups in total. The maximum Gasteiger partial charge on any atom is 0.271 e. The van der Waals surface area contributed by atoms with Crippen LogP contribution in [0, 0.1) is 10.1 Å². The molecule has 4 aromatic rings. The Morgan fingerprint density at radius 2 is 1.65 bits per heavy atom. The zero-order chi connectivity index (χ0) is 26.7. The third-order valence-corrected chi connectivity index (χ3v) is 6.33. The first kappa shape index (κ1) is 25.8. The predicted octanol–water partition coefficient (Wildman–Crippen LogP) is 5.64. The van der Waals surface area contributed by atoms with Crippen LogP contribution in [0.15, 0.2) is 54.6 Å². The normalized spacial score (nSPS) is 10.6. The number of anilines is 2. The minimum Gasteiger partial charge on any atom is -0.506 e. The van der Waals surface area contributed by atoms with Crippen LogP contribution in [-0.2, 0) is 0 Å². The Morgan fingerprint density at radius 3 is 2.27 bits per heavy atom. The molecule has 11 nitrogen and oxygen atoms in total. The molecule has 1 aromatic heterocycles. The topological polar surface area (TPSA) is 157 Å². The summed E-state index contributed by atoms with van der Waals surface area (Å²) < 4.78 is 5.14. The van der Waals surface area contributed by atoms with Crippen molar-refractivity contribution >= 4 is 62.9 Å². The summed E-state index contributed by atoms with van der Waals surface area (Å²) in [6, 6.07) is 12.4. The Hall–Kier alpha value is -4.26. The van der Waals surface area contributed by atoms with Crippen molar-refractivity contribution in [1.29, 1.82) is 0 Å². The van der Waals surface area contributed by atoms with Crippen molar-refractivity contribution in [2.24, 2.45) is 0 Å². The van der Waals surface area contributed by atoms with Crippen LogP contribution in [0.4, 0.5) is 16.5 Å². The molecule has 1 heterocycles. The molecule has 0 radical (unpaired) electrons. The molecule has 188 valence electrons. The molecule has 0 aliphatic rings. The highest BCUT2D eigenvalue weighted by Gasteiger charge is 2.18. The van der Waals surface area contributed by atoms with Gasteiger partial charge in [-0.1, -0.05) is 34.5 Å². The van der Waals surface area contributed by atoms with Gasteiger partial charge in [-0.25, -0.2) is 0 Å². The highest BCUT2D eigenvalue weighted by molar-refractivity contribution is 7.18. The summed E-state index contributed by atoms with van der Waals surface area (Å²) in [7, 11) is 1.37. The monoisotopic (exact) mass is 559 g/mol. The summed E-state index contributed by atoms with van der Waals surface area (Å²) in [4.78, 5) is 35.8. The molecule has 0 saturated heterocycles. The summed E-state index contributed by atoms with van der Waals surface area (Å²) in [5.41, 5.74) is 0.622. The highest BCUT2D eigenvalue weighted by atomic mass is 35.5. The number of aromatic hydroxyl groups is 1. The van der Waals surface area contributed by atoms with Crippen molar-refractivity contribution in [3.8, 4) is 22.1 Å². The van der Waals surface area contributed by atoms with E-state index in [-0.39, 0.29) is 49.7 Å². The van der Waals surface area contributed by atoms with E-state index in [1.54, 1.807) is 0 Å². The van der Waals surface area contributed by atoms with Crippen LogP contribution in [0.3, 0.4) is 0 Å². The Labute approximate surface area is 222 Å². The number of hydrogen-bond acceptors (Lipinski definition) is 9. The average Bonchev–Trinajstić information content (AvgIpc) is 3.34. The number of aromatic nitrogens is 2. The molecule has 0 saturated carbocycles. The van der Waals surface area contributed by atoms with Crippen molar-refractivity contribution in [2.75, 3.05) is 17.7 Å². The molecule has 37 heavy (non-hydrogen) atoms. The first-order chi connectivity index (χ1) is 17.7. The second kappa shape index (κ2) is 10.8. The molecule has 0 bridgehead atoms. The molecule has 0 aliphatic carbocycles. The van der Waals surface area contributed by atoms with Crippen molar-refractivity contribution in [2.45, 2.75) is 0 Å². The largest absolute Gasteiger partial charge is 0.506 e. The molecule has 3 aromatic carbocycles. The summed E-state index contributed by atoms with van der Waals surface area (Å²) in [5, 5.41) is 35.0. The number of hydrogen-bond donors (Lipinski definition) is 3. The van der Waals surface area contributed by atoms with Gasteiger partial charge in [0.15, 0.2) is 5.01 Å². The van der Waals surface area contributed by atoms with Gasteiger partial charge in [0.2, 0.25) is 5.13 Å². The van der Waals surface area contributed by atoms with E-state index in [2.05, 4.69) is 20.8 Å². The Bertz CT molecular complexity index is 1530. The number of nitro groups is 1. The van der Waals surface area contributed by atoms with E-state index < -0.39 is 16.7 Å². The summed E-state index contributed by atoms with van der Waals surface area (Å²) in [5.74, 6) is -1.03. The Morgan fingerprint density at radius 1 is 1.00 bits per heavy atom. The number of phenols is 1. The van der Waals surface area contributed by atoms with Gasteiger partial charge < -0.3 is 15.2 Å². The number of rotatable bonds is 7. The molecule has 0 spiro atoms. The van der Waals surface area contributed by atoms with Crippen LogP contribution in [-0.4, -0.2) is 39.2 Å². The van der Waals surface area contributed by atoms with E-state index in [1.165, 1.54) is 61.7 Å². The molecule has 4 rings (SSSR count). The third-order valence-electron chi connectivity index (χ3n) is 4.96. The minimum absolute atomic E-state index is 0.0522. The number of carbonyl (C=O) groups excluding carboxylic acids is 2. The second-order valence-corrected chi connectivity index (χ2v) is 9.14. The van der Waals surface area contributed by atoms with Gasteiger partial charge >= 0.3 is 0 Å². The fourth-order valence-corrected chi connectivity index (χ4v) is 4.40. The van der Waals surface area contributed by atoms with Gasteiger partial charge in [0, 0.05) is 28.3 Å². The molecule has 0 aliphatic heterocycles. The van der Waals surface area contributed by atoms with Crippen molar-refractivity contribution in [3.05, 3.63) is 85.9 Å². The number of non-ortho nitro benzene ring substituents is 1. The summed E-state index contributed by atoms with van der Waals surface area (Å²) in [6.07, 6.45) is 0. The van der Waals surface area contributed by atoms with Gasteiger partial charge in [0.05, 0.1) is 28.3 Å². The van der Waals surface area contributed by atoms with Crippen LogP contribution >= 0.6 is 34.5 Å². The standard InChI is InChI=1S/C23H15Cl2N5O6S/c1-36-18-7-6-14(30(34)35)10-17(18)26-20(32)11-2-4-12(5-3-11)21(33)27-23-29-28-22(37-23)15-8-13(24)9-16(25)19(15)31/h2-10,31H,1H3,(H,26,32)(H,27,29,33). The van der Waals surface area contributed by atoms with Crippen LogP contribution < -0.4 is 15.4 Å². The molecule has 0 unspecified atom stereocenters. The Kier molecular flexibility index (Phi) is 7.53. The minimum atomic E-state index is -0.587. The number of methoxy groups -OCH3 is 1. The van der Waals surface area contributed by atoms with Crippen molar-refractivity contribution < 1.29 is 24.4 Å². The molecular formula is C23H15Cl2N5O6S. The van der Waals surface area contributed by atoms with Gasteiger partial charge in [0.25, 0.3) is 17.5 Å². The number of halogens is 2. The molecule has 0 atom stereocenters. The highest BCUT2D eigenvalue weighted by Crippen LogP contribution is 2.39. The molecular weight excluding hydrogens is 545 g/mol. The number of nitrogens with zero attached hydrogens (tertiary/aromatic N) is 3. The second-order valence-electron chi connectivity index (χ2n) is 7.32. The van der Waals surface area contributed by atoms with Gasteiger partial charge in [-0.3, -0.25) is 25.0 Å². The smallest absolute Gasteiger partial charge is 0.271 e. The number of amides is 2. The van der Waals surface area contributed by atoms with Crippen LogP contribution in [0.1, 0.15) is 20.7 Å². The lowest BCUT2D eigenvalue weighted by Gasteiger charge is -2.10. The van der Waals surface area contributed by atoms with E-state index in [9.17, 15) is 24.8 Å². The Balaban J connectivity index is 1.45. The number of ether oxygens (including phenoxy) is 1. The fraction of sp³-hybridized carbons (Fsp3) is 0.0435. The first-order valence-electron chi connectivity index (χ1n) is 10.2. The maximum atomic E-state index is 12.7. The maximum absolute atomic E-state index is 12.7. The lowest BCUT2D eigenvalue weighted by atomic mass is 10.1. The van der Waals surface area contributed by atoms with Gasteiger partial charge in [-0.15, -0.1) is 10.2 Å². The van der Waals surface area contributed by atoms with Gasteiger partial charge in [-0.05, 0) is 42.5 Å². The number of carbonyl (C=O) groups is 2. The van der Waals surface area contributed by atoms with Gasteiger partial charge in [-0.2, -0.15) is 0 Å². The zero-order valence-corrected chi connectivity index (χ0v) is 21.0. The summed E-state index contributed by atoms with van der Waals surface area (Å²) >= 11 is 12.9. The number of benzene rings is 3. The number of phenolic OH excluding ortho intramolecular Hbond substituents is 1. The molecule has 0 fully saturated rings. The first-order valence-corrected chi connectivity index (χ1v) is 11.8. The molecule has 14 heteroatoms. The van der Waals surface area contributed by atoms with Crippen LogP contribution in [0.5, 0.6) is 11.5 Å². The number of nitrogens with one attached hydrogen (secondary N) is 2. The van der Waals surface area contributed by atoms with Crippen molar-refractivity contribution in [1.82, 2.24) is 10.2 Å². The van der Waals surface area contributed by atoms with Crippen LogP contribution in [0.25, 0.3) is 10.6 Å². The lowest BCUT2D eigenvalue weighted by Crippen LogP contribution is -2.15. The fourth-order valence-electron chi connectivity index (χ4n) is 3.16. The van der Waals surface area contributed by atoms with E-state index in [0.717, 1.165) is 11.3 Å². The SMILES string of the molecule is COc1ccc([N+](=O)[O-])cc1NC(=O)c1ccc(C(=O)Nc2nnc(-c3cc(Cl)cc(Cl)c3O)s2)cc1. The van der Waals surface area contributed by atoms with E-state index in [0.29, 0.717) is 10.0 Å². The van der Waals surface area contributed by atoms with Gasteiger partial charge in [0.1, 0.15) is 11.5 Å². The summed E-state index contributed by atoms with van der Waals surface area (Å²) in [6.45, 7) is 0. The van der Waals surface area contributed by atoms with Crippen molar-refractivity contribution in [3.63, 3.8) is 0 Å². The zero-order valence-electron chi connectivity index (χ0n) is 18.7. The lowest BCUT2D eigenvalue weighted by molar-refractivity contribution is -0.384. The van der Waals surface area contributed by atoms with E-state index in [4.69, 9.17) is 27.9 Å². The number of nitro benzene ring substituents is 1. The van der Waals surface area contributed by atoms with E-state index >= 15 is 0 Å².